The lowest BCUT2D eigenvalue weighted by Crippen LogP contribution is -2.47. The zero-order valence-corrected chi connectivity index (χ0v) is 14.6. The number of hydrogen-bond acceptors (Lipinski definition) is 5. The average molecular weight is 357 g/mol. The first-order chi connectivity index (χ1) is 12.3. The Hall–Kier alpha value is -3.42. The number of amides is 2. The van der Waals surface area contributed by atoms with Gasteiger partial charge in [-0.25, -0.2) is 0 Å². The Balaban J connectivity index is 1.95. The highest BCUT2D eigenvalue weighted by Gasteiger charge is 2.18. The lowest BCUT2D eigenvalue weighted by Gasteiger charge is -2.17. The molecule has 0 aliphatic carbocycles. The van der Waals surface area contributed by atoms with Crippen molar-refractivity contribution in [2.45, 2.75) is 26.9 Å². The fourth-order valence-electron chi connectivity index (χ4n) is 2.15. The van der Waals surface area contributed by atoms with Gasteiger partial charge >= 0.3 is 0 Å². The standard InChI is InChI=1S/C18H19N3O5/c1-11-6-4-9-16(12(11)2)26-13(3)17(22)19-20-18(23)14-7-5-8-15(10-14)21(24)25/h4-10,13H,1-3H3,(H,19,22)(H,20,23)/t13-/m1/s1. The second-order valence-corrected chi connectivity index (χ2v) is 5.71. The molecule has 1 atom stereocenters. The Bertz CT molecular complexity index is 850. The number of ether oxygens (including phenoxy) is 1. The van der Waals surface area contributed by atoms with Gasteiger partial charge in [-0.05, 0) is 44.0 Å². The van der Waals surface area contributed by atoms with E-state index in [-0.39, 0.29) is 11.3 Å². The van der Waals surface area contributed by atoms with Crippen molar-refractivity contribution < 1.29 is 19.2 Å². The Labute approximate surface area is 150 Å². The van der Waals surface area contributed by atoms with Crippen LogP contribution in [0.1, 0.15) is 28.4 Å². The number of nitro benzene ring substituents is 1. The van der Waals surface area contributed by atoms with Gasteiger partial charge < -0.3 is 4.74 Å². The van der Waals surface area contributed by atoms with Crippen LogP contribution in [0.5, 0.6) is 5.75 Å². The molecule has 0 aliphatic heterocycles. The van der Waals surface area contributed by atoms with E-state index in [1.54, 1.807) is 13.0 Å². The summed E-state index contributed by atoms with van der Waals surface area (Å²) in [7, 11) is 0. The van der Waals surface area contributed by atoms with Crippen LogP contribution in [-0.4, -0.2) is 22.8 Å². The third-order valence-electron chi connectivity index (χ3n) is 3.85. The van der Waals surface area contributed by atoms with Crippen LogP contribution in [0.3, 0.4) is 0 Å². The van der Waals surface area contributed by atoms with Crippen molar-refractivity contribution in [3.63, 3.8) is 0 Å². The van der Waals surface area contributed by atoms with Crippen LogP contribution >= 0.6 is 0 Å². The van der Waals surface area contributed by atoms with Crippen molar-refractivity contribution >= 4 is 17.5 Å². The van der Waals surface area contributed by atoms with Crippen molar-refractivity contribution in [3.8, 4) is 5.75 Å². The van der Waals surface area contributed by atoms with E-state index in [1.807, 2.05) is 26.0 Å². The highest BCUT2D eigenvalue weighted by molar-refractivity contribution is 5.96. The Morgan fingerprint density at radius 2 is 1.81 bits per heavy atom. The van der Waals surface area contributed by atoms with Crippen LogP contribution in [0.15, 0.2) is 42.5 Å². The largest absolute Gasteiger partial charge is 0.481 e. The molecule has 0 aromatic heterocycles. The van der Waals surface area contributed by atoms with E-state index in [4.69, 9.17) is 4.74 Å². The van der Waals surface area contributed by atoms with Crippen molar-refractivity contribution in [1.29, 1.82) is 0 Å². The van der Waals surface area contributed by atoms with Gasteiger partial charge in [-0.2, -0.15) is 0 Å². The van der Waals surface area contributed by atoms with E-state index < -0.39 is 22.8 Å². The highest BCUT2D eigenvalue weighted by atomic mass is 16.6. The van der Waals surface area contributed by atoms with Crippen molar-refractivity contribution in [1.82, 2.24) is 10.9 Å². The molecule has 0 aliphatic rings. The molecule has 0 fully saturated rings. The van der Waals surface area contributed by atoms with E-state index in [9.17, 15) is 19.7 Å². The molecule has 2 N–H and O–H groups in total. The van der Waals surface area contributed by atoms with Gasteiger partial charge in [-0.15, -0.1) is 0 Å². The van der Waals surface area contributed by atoms with Crippen LogP contribution in [0.25, 0.3) is 0 Å². The number of aryl methyl sites for hydroxylation is 1. The predicted octanol–water partition coefficient (Wildman–Crippen LogP) is 2.44. The molecule has 2 amide bonds. The van der Waals surface area contributed by atoms with Crippen LogP contribution < -0.4 is 15.6 Å². The molecule has 0 saturated heterocycles. The molecule has 8 heteroatoms. The molecule has 0 spiro atoms. The van der Waals surface area contributed by atoms with E-state index in [1.165, 1.54) is 18.2 Å². The SMILES string of the molecule is Cc1cccc(O[C@H](C)C(=O)NNC(=O)c2cccc([N+](=O)[O-])c2)c1C. The third kappa shape index (κ3) is 4.56. The summed E-state index contributed by atoms with van der Waals surface area (Å²) in [6.07, 6.45) is -0.846. The number of hydrazine groups is 1. The smallest absolute Gasteiger partial charge is 0.279 e. The highest BCUT2D eigenvalue weighted by Crippen LogP contribution is 2.21. The first kappa shape index (κ1) is 18.9. The summed E-state index contributed by atoms with van der Waals surface area (Å²) < 4.78 is 5.62. The molecular formula is C18H19N3O5. The summed E-state index contributed by atoms with van der Waals surface area (Å²) in [5.74, 6) is -0.636. The number of nitrogens with one attached hydrogen (secondary N) is 2. The molecule has 0 bridgehead atoms. The number of rotatable bonds is 5. The Morgan fingerprint density at radius 1 is 1.12 bits per heavy atom. The maximum absolute atomic E-state index is 12.1. The zero-order chi connectivity index (χ0) is 19.3. The summed E-state index contributed by atoms with van der Waals surface area (Å²) in [5, 5.41) is 10.7. The molecule has 8 nitrogen and oxygen atoms in total. The van der Waals surface area contributed by atoms with Crippen molar-refractivity contribution in [3.05, 3.63) is 69.3 Å². The zero-order valence-electron chi connectivity index (χ0n) is 14.6. The molecule has 0 saturated carbocycles. The van der Waals surface area contributed by atoms with Crippen LogP contribution in [0, 0.1) is 24.0 Å². The van der Waals surface area contributed by atoms with Crippen LogP contribution in [0.2, 0.25) is 0 Å². The fourth-order valence-corrected chi connectivity index (χ4v) is 2.15. The molecule has 2 aromatic rings. The van der Waals surface area contributed by atoms with Crippen molar-refractivity contribution in [2.75, 3.05) is 0 Å². The van der Waals surface area contributed by atoms with E-state index in [2.05, 4.69) is 10.9 Å². The maximum atomic E-state index is 12.1. The van der Waals surface area contributed by atoms with Gasteiger partial charge in [0, 0.05) is 17.7 Å². The van der Waals surface area contributed by atoms with Gasteiger partial charge in [0.2, 0.25) is 0 Å². The van der Waals surface area contributed by atoms with E-state index in [0.717, 1.165) is 17.2 Å². The Morgan fingerprint density at radius 3 is 2.50 bits per heavy atom. The number of hydrogen-bond donors (Lipinski definition) is 2. The van der Waals surface area contributed by atoms with Crippen LogP contribution in [0.4, 0.5) is 5.69 Å². The van der Waals surface area contributed by atoms with Crippen molar-refractivity contribution in [2.24, 2.45) is 0 Å². The quantitative estimate of drug-likeness (QED) is 0.631. The molecule has 0 heterocycles. The van der Waals surface area contributed by atoms with Gasteiger partial charge in [-0.3, -0.25) is 30.6 Å². The minimum Gasteiger partial charge on any atom is -0.481 e. The molecule has 2 rings (SSSR count). The summed E-state index contributed by atoms with van der Waals surface area (Å²) in [6.45, 7) is 5.38. The number of non-ortho nitro benzene ring substituents is 1. The number of benzene rings is 2. The molecular weight excluding hydrogens is 338 g/mol. The molecule has 0 unspecified atom stereocenters. The molecule has 2 aromatic carbocycles. The van der Waals surface area contributed by atoms with Crippen LogP contribution in [-0.2, 0) is 4.79 Å². The van der Waals surface area contributed by atoms with Gasteiger partial charge in [0.05, 0.1) is 4.92 Å². The lowest BCUT2D eigenvalue weighted by molar-refractivity contribution is -0.384. The average Bonchev–Trinajstić information content (AvgIpc) is 2.63. The summed E-state index contributed by atoms with van der Waals surface area (Å²) in [4.78, 5) is 34.3. The fraction of sp³-hybridized carbons (Fsp3) is 0.222. The van der Waals surface area contributed by atoms with Gasteiger partial charge in [0.25, 0.3) is 17.5 Å². The maximum Gasteiger partial charge on any atom is 0.279 e. The normalized spacial score (nSPS) is 11.3. The second-order valence-electron chi connectivity index (χ2n) is 5.71. The van der Waals surface area contributed by atoms with Gasteiger partial charge in [-0.1, -0.05) is 18.2 Å². The third-order valence-corrected chi connectivity index (χ3v) is 3.85. The molecule has 136 valence electrons. The molecule has 26 heavy (non-hydrogen) atoms. The number of nitrogens with zero attached hydrogens (tertiary/aromatic N) is 1. The number of carbonyl (C=O) groups is 2. The second kappa shape index (κ2) is 8.11. The lowest BCUT2D eigenvalue weighted by atomic mass is 10.1. The van der Waals surface area contributed by atoms with Gasteiger partial charge in [0.1, 0.15) is 5.75 Å². The monoisotopic (exact) mass is 357 g/mol. The first-order valence-electron chi connectivity index (χ1n) is 7.87. The summed E-state index contributed by atoms with van der Waals surface area (Å²) in [6, 6.07) is 10.7. The topological polar surface area (TPSA) is 111 Å². The number of carbonyl (C=O) groups excluding carboxylic acids is 2. The minimum absolute atomic E-state index is 0.0580. The summed E-state index contributed by atoms with van der Waals surface area (Å²) in [5.41, 5.74) is 6.27. The Kier molecular flexibility index (Phi) is 5.90. The minimum atomic E-state index is -0.846. The van der Waals surface area contributed by atoms with E-state index in [0.29, 0.717) is 5.75 Å². The van der Waals surface area contributed by atoms with E-state index >= 15 is 0 Å². The first-order valence-corrected chi connectivity index (χ1v) is 7.87. The number of nitro groups is 1. The van der Waals surface area contributed by atoms with Gasteiger partial charge in [0.15, 0.2) is 6.10 Å². The summed E-state index contributed by atoms with van der Waals surface area (Å²) >= 11 is 0. The molecule has 0 radical (unpaired) electrons. The predicted molar refractivity (Wildman–Crippen MR) is 94.7 cm³/mol.